The van der Waals surface area contributed by atoms with Crippen LogP contribution in [0.15, 0.2) is 17.2 Å². The lowest BCUT2D eigenvalue weighted by atomic mass is 10.1. The summed E-state index contributed by atoms with van der Waals surface area (Å²) in [5, 5.41) is 7.05. The number of pyridine rings is 1. The molecular formula is C13H18ClN5O2S. The summed E-state index contributed by atoms with van der Waals surface area (Å²) < 4.78 is 27.7. The lowest BCUT2D eigenvalue weighted by Crippen LogP contribution is -2.32. The van der Waals surface area contributed by atoms with E-state index in [1.807, 2.05) is 13.8 Å². The number of aromatic nitrogens is 4. The Bertz CT molecular complexity index is 772. The Morgan fingerprint density at radius 2 is 2.00 bits per heavy atom. The maximum Gasteiger partial charge on any atom is 0.242 e. The fourth-order valence-electron chi connectivity index (χ4n) is 1.90. The first-order valence-corrected chi connectivity index (χ1v) is 8.60. The quantitative estimate of drug-likeness (QED) is 0.810. The highest BCUT2D eigenvalue weighted by atomic mass is 35.5. The van der Waals surface area contributed by atoms with Gasteiger partial charge in [-0.25, -0.2) is 23.1 Å². The molecule has 2 N–H and O–H groups in total. The van der Waals surface area contributed by atoms with Gasteiger partial charge in [0.1, 0.15) is 15.9 Å². The lowest BCUT2D eigenvalue weighted by Gasteiger charge is -2.19. The molecule has 2 aromatic rings. The van der Waals surface area contributed by atoms with Crippen LogP contribution >= 0.6 is 11.6 Å². The first kappa shape index (κ1) is 16.9. The minimum Gasteiger partial charge on any atom is -0.263 e. The van der Waals surface area contributed by atoms with Crippen LogP contribution in [0.5, 0.6) is 0 Å². The Hall–Kier alpha value is -1.51. The highest BCUT2D eigenvalue weighted by Gasteiger charge is 2.27. The van der Waals surface area contributed by atoms with Crippen molar-refractivity contribution in [3.8, 4) is 0 Å². The Kier molecular flexibility index (Phi) is 4.84. The van der Waals surface area contributed by atoms with Crippen molar-refractivity contribution < 1.29 is 8.42 Å². The number of nitrogens with zero attached hydrogens (tertiary/aromatic N) is 3. The van der Waals surface area contributed by atoms with Crippen LogP contribution in [0, 0.1) is 19.8 Å². The van der Waals surface area contributed by atoms with Gasteiger partial charge in [-0.05, 0) is 31.4 Å². The molecule has 1 atom stereocenters. The molecule has 9 heteroatoms. The smallest absolute Gasteiger partial charge is 0.242 e. The van der Waals surface area contributed by atoms with Crippen molar-refractivity contribution >= 4 is 21.6 Å². The second kappa shape index (κ2) is 6.31. The third-order valence-corrected chi connectivity index (χ3v) is 4.94. The number of aryl methyl sites for hydroxylation is 2. The van der Waals surface area contributed by atoms with E-state index in [-0.39, 0.29) is 16.0 Å². The van der Waals surface area contributed by atoms with Crippen molar-refractivity contribution in [2.45, 2.75) is 38.6 Å². The van der Waals surface area contributed by atoms with Gasteiger partial charge in [-0.1, -0.05) is 25.4 Å². The van der Waals surface area contributed by atoms with Gasteiger partial charge in [-0.2, -0.15) is 5.10 Å². The fraction of sp³-hybridized carbons (Fsp3) is 0.462. The van der Waals surface area contributed by atoms with Crippen molar-refractivity contribution in [1.82, 2.24) is 24.9 Å². The van der Waals surface area contributed by atoms with Crippen molar-refractivity contribution in [2.75, 3.05) is 0 Å². The summed E-state index contributed by atoms with van der Waals surface area (Å²) in [7, 11) is -3.75. The maximum absolute atomic E-state index is 12.5. The molecular weight excluding hydrogens is 326 g/mol. The molecule has 22 heavy (non-hydrogen) atoms. The average Bonchev–Trinajstić information content (AvgIpc) is 2.85. The van der Waals surface area contributed by atoms with Crippen LogP contribution in [0.3, 0.4) is 0 Å². The van der Waals surface area contributed by atoms with Gasteiger partial charge in [0.05, 0.1) is 6.04 Å². The van der Waals surface area contributed by atoms with Crippen LogP contribution in [0.4, 0.5) is 0 Å². The van der Waals surface area contributed by atoms with Crippen LogP contribution in [-0.4, -0.2) is 28.6 Å². The van der Waals surface area contributed by atoms with E-state index in [4.69, 9.17) is 11.6 Å². The van der Waals surface area contributed by atoms with Crippen LogP contribution in [0.2, 0.25) is 5.15 Å². The van der Waals surface area contributed by atoms with Gasteiger partial charge in [0.25, 0.3) is 0 Å². The van der Waals surface area contributed by atoms with E-state index in [0.29, 0.717) is 17.2 Å². The first-order valence-electron chi connectivity index (χ1n) is 6.74. The van der Waals surface area contributed by atoms with E-state index in [9.17, 15) is 8.42 Å². The predicted molar refractivity (Wildman–Crippen MR) is 83.0 cm³/mol. The number of rotatable bonds is 5. The van der Waals surface area contributed by atoms with Crippen LogP contribution < -0.4 is 4.72 Å². The lowest BCUT2D eigenvalue weighted by molar-refractivity contribution is 0.445. The van der Waals surface area contributed by atoms with Gasteiger partial charge in [-0.3, -0.25) is 5.10 Å². The topological polar surface area (TPSA) is 101 Å². The molecule has 1 unspecified atom stereocenters. The summed E-state index contributed by atoms with van der Waals surface area (Å²) in [6, 6.07) is 0.948. The summed E-state index contributed by atoms with van der Waals surface area (Å²) in [6.07, 6.45) is 1.23. The molecule has 0 saturated heterocycles. The monoisotopic (exact) mass is 343 g/mol. The van der Waals surface area contributed by atoms with E-state index in [2.05, 4.69) is 24.9 Å². The third-order valence-electron chi connectivity index (χ3n) is 3.14. The molecule has 0 aromatic carbocycles. The molecule has 2 aromatic heterocycles. The van der Waals surface area contributed by atoms with Crippen molar-refractivity contribution in [2.24, 2.45) is 5.92 Å². The number of nitrogens with one attached hydrogen (secondary N) is 2. The molecule has 0 aliphatic rings. The Labute approximate surface area is 134 Å². The van der Waals surface area contributed by atoms with Gasteiger partial charge in [0.2, 0.25) is 10.0 Å². The Morgan fingerprint density at radius 1 is 1.32 bits per heavy atom. The van der Waals surface area contributed by atoms with Gasteiger partial charge in [-0.15, -0.1) is 0 Å². The molecule has 0 amide bonds. The summed E-state index contributed by atoms with van der Waals surface area (Å²) >= 11 is 5.84. The van der Waals surface area contributed by atoms with E-state index < -0.39 is 16.1 Å². The normalized spacial score (nSPS) is 13.5. The molecule has 0 radical (unpaired) electrons. The summed E-state index contributed by atoms with van der Waals surface area (Å²) in [5.74, 6) is 1.02. The minimum absolute atomic E-state index is 0.0219. The molecule has 0 spiro atoms. The standard InChI is InChI=1S/C13H18ClN5O2S/c1-7(2)11(13-16-9(4)17-18-13)19-22(20,21)10-5-8(3)12(14)15-6-10/h5-7,11,19H,1-4H3,(H,16,17,18). The van der Waals surface area contributed by atoms with E-state index in [0.717, 1.165) is 0 Å². The second-order valence-corrected chi connectivity index (χ2v) is 7.47. The van der Waals surface area contributed by atoms with E-state index in [1.165, 1.54) is 12.3 Å². The summed E-state index contributed by atoms with van der Waals surface area (Å²) in [5.41, 5.74) is 0.597. The van der Waals surface area contributed by atoms with Crippen molar-refractivity contribution in [3.05, 3.63) is 34.6 Å². The fourth-order valence-corrected chi connectivity index (χ4v) is 3.38. The zero-order chi connectivity index (χ0) is 16.5. The Morgan fingerprint density at radius 3 is 2.50 bits per heavy atom. The van der Waals surface area contributed by atoms with Crippen molar-refractivity contribution in [1.29, 1.82) is 0 Å². The van der Waals surface area contributed by atoms with E-state index in [1.54, 1.807) is 13.8 Å². The van der Waals surface area contributed by atoms with Crippen LogP contribution in [0.1, 0.15) is 37.1 Å². The first-order chi connectivity index (χ1) is 10.2. The second-order valence-electron chi connectivity index (χ2n) is 5.40. The molecule has 7 nitrogen and oxygen atoms in total. The zero-order valence-corrected chi connectivity index (χ0v) is 14.3. The van der Waals surface area contributed by atoms with Gasteiger partial charge >= 0.3 is 0 Å². The van der Waals surface area contributed by atoms with Crippen LogP contribution in [0.25, 0.3) is 0 Å². The number of H-pyrrole nitrogens is 1. The SMILES string of the molecule is Cc1nc(C(NS(=O)(=O)c2cnc(Cl)c(C)c2)C(C)C)n[nH]1. The van der Waals surface area contributed by atoms with Gasteiger partial charge in [0.15, 0.2) is 5.82 Å². The average molecular weight is 344 g/mol. The molecule has 0 aliphatic heterocycles. The van der Waals surface area contributed by atoms with Gasteiger partial charge < -0.3 is 0 Å². The maximum atomic E-state index is 12.5. The largest absolute Gasteiger partial charge is 0.263 e. The molecule has 2 heterocycles. The Balaban J connectivity index is 2.34. The number of hydrogen-bond acceptors (Lipinski definition) is 5. The molecule has 0 saturated carbocycles. The summed E-state index contributed by atoms with van der Waals surface area (Å²) in [6.45, 7) is 7.25. The number of sulfonamides is 1. The number of hydrogen-bond donors (Lipinski definition) is 2. The minimum atomic E-state index is -3.75. The molecule has 120 valence electrons. The summed E-state index contributed by atoms with van der Waals surface area (Å²) in [4.78, 5) is 8.16. The van der Waals surface area contributed by atoms with E-state index >= 15 is 0 Å². The van der Waals surface area contributed by atoms with Crippen molar-refractivity contribution in [3.63, 3.8) is 0 Å². The number of halogens is 1. The third kappa shape index (κ3) is 3.63. The number of aromatic amines is 1. The predicted octanol–water partition coefficient (Wildman–Crippen LogP) is 2.15. The zero-order valence-electron chi connectivity index (χ0n) is 12.8. The highest BCUT2D eigenvalue weighted by molar-refractivity contribution is 7.89. The highest BCUT2D eigenvalue weighted by Crippen LogP contribution is 2.23. The van der Waals surface area contributed by atoms with Gasteiger partial charge in [0, 0.05) is 6.20 Å². The van der Waals surface area contributed by atoms with Crippen LogP contribution in [-0.2, 0) is 10.0 Å². The molecule has 2 rings (SSSR count). The molecule has 0 fully saturated rings. The molecule has 0 aliphatic carbocycles. The molecule has 0 bridgehead atoms.